The highest BCUT2D eigenvalue weighted by molar-refractivity contribution is 6.30. The number of alkyl halides is 3. The van der Waals surface area contributed by atoms with E-state index in [2.05, 4.69) is 9.64 Å². The average Bonchev–Trinajstić information content (AvgIpc) is 3.39. The molecule has 192 valence electrons. The van der Waals surface area contributed by atoms with E-state index in [0.717, 1.165) is 29.9 Å². The Bertz CT molecular complexity index is 1160. The van der Waals surface area contributed by atoms with E-state index >= 15 is 0 Å². The Hall–Kier alpha value is -3.11. The van der Waals surface area contributed by atoms with Crippen LogP contribution in [0.15, 0.2) is 65.4 Å². The number of ether oxygens (including phenoxy) is 2. The molecule has 2 heterocycles. The van der Waals surface area contributed by atoms with Gasteiger partial charge in [0.15, 0.2) is 5.84 Å². The number of aliphatic hydroxyl groups is 1. The molecule has 0 radical (unpaired) electrons. The van der Waals surface area contributed by atoms with Crippen molar-refractivity contribution in [2.75, 3.05) is 13.7 Å². The molecule has 3 unspecified atom stereocenters. The van der Waals surface area contributed by atoms with Gasteiger partial charge in [0.1, 0.15) is 17.2 Å². The smallest absolute Gasteiger partial charge is 0.450 e. The summed E-state index contributed by atoms with van der Waals surface area (Å²) in [6.45, 7) is 1.05. The fourth-order valence-corrected chi connectivity index (χ4v) is 4.91. The molecule has 0 aromatic heterocycles. The van der Waals surface area contributed by atoms with Crippen molar-refractivity contribution < 1.29 is 27.8 Å². The van der Waals surface area contributed by atoms with Crippen molar-refractivity contribution in [2.24, 2.45) is 4.99 Å². The summed E-state index contributed by atoms with van der Waals surface area (Å²) in [6, 6.07) is 13.1. The van der Waals surface area contributed by atoms with Crippen molar-refractivity contribution in [1.29, 1.82) is 0 Å². The fraction of sp³-hybridized carbons (Fsp3) is 0.400. The molecule has 36 heavy (non-hydrogen) atoms. The van der Waals surface area contributed by atoms with Crippen molar-refractivity contribution in [3.8, 4) is 11.5 Å². The molecule has 3 aliphatic rings. The van der Waals surface area contributed by atoms with Gasteiger partial charge in [-0.1, -0.05) is 29.8 Å². The van der Waals surface area contributed by atoms with Gasteiger partial charge in [-0.05, 0) is 49.1 Å². The number of fused-ring (bicyclic) bond motifs is 1. The van der Waals surface area contributed by atoms with E-state index in [0.29, 0.717) is 24.7 Å². The molecular weight excluding hydrogens is 497 g/mol. The summed E-state index contributed by atoms with van der Waals surface area (Å²) in [5, 5.41) is 10.7. The van der Waals surface area contributed by atoms with Crippen LogP contribution in [0.3, 0.4) is 0 Å². The summed E-state index contributed by atoms with van der Waals surface area (Å²) < 4.78 is 48.3. The Labute approximate surface area is 212 Å². The number of amidine groups is 1. The van der Waals surface area contributed by atoms with Gasteiger partial charge in [-0.2, -0.15) is 0 Å². The number of aliphatic imine (C=N–C) groups is 1. The molecule has 1 N–H and O–H groups in total. The van der Waals surface area contributed by atoms with E-state index < -0.39 is 12.7 Å². The number of likely N-dealkylation sites (N-methyl/N-ethyl adjacent to an activating group) is 1. The summed E-state index contributed by atoms with van der Waals surface area (Å²) in [4.78, 5) is 11.0. The summed E-state index contributed by atoms with van der Waals surface area (Å²) in [7, 11) is 1.94. The lowest BCUT2D eigenvalue weighted by molar-refractivity contribution is -0.274. The molecule has 0 saturated heterocycles. The minimum Gasteiger partial charge on any atom is -0.450 e. The third kappa shape index (κ3) is 5.49. The van der Waals surface area contributed by atoms with Crippen LogP contribution in [0.4, 0.5) is 13.2 Å². The lowest BCUT2D eigenvalue weighted by Gasteiger charge is -2.39. The van der Waals surface area contributed by atoms with E-state index in [4.69, 9.17) is 21.3 Å². The Kier molecular flexibility index (Phi) is 6.65. The topological polar surface area (TPSA) is 60.8 Å². The van der Waals surface area contributed by atoms with Crippen molar-refractivity contribution in [2.45, 2.75) is 50.7 Å². The van der Waals surface area contributed by atoms with Crippen LogP contribution in [0.2, 0.25) is 5.02 Å². The maximum atomic E-state index is 12.7. The summed E-state index contributed by atoms with van der Waals surface area (Å²) in [5.74, 6) is 0.561. The molecule has 0 spiro atoms. The monoisotopic (exact) mass is 522 g/mol. The van der Waals surface area contributed by atoms with Gasteiger partial charge >= 0.3 is 6.36 Å². The molecule has 1 saturated carbocycles. The van der Waals surface area contributed by atoms with Crippen LogP contribution in [-0.4, -0.2) is 64.2 Å². The van der Waals surface area contributed by atoms with Crippen LogP contribution in [-0.2, 0) is 6.54 Å². The summed E-state index contributed by atoms with van der Waals surface area (Å²) in [6.07, 6.45) is -1.49. The van der Waals surface area contributed by atoms with Gasteiger partial charge in [0.25, 0.3) is 6.35 Å². The molecule has 1 aliphatic carbocycles. The summed E-state index contributed by atoms with van der Waals surface area (Å²) >= 11 is 6.06. The second-order valence-corrected chi connectivity index (χ2v) is 9.60. The SMILES string of the molecule is CN1CN(C2CCC(O)C2)C=C2C1=NC(Oc1cccc(OC(F)(F)F)c1)N2Cc1ccc(Cl)cc1. The maximum absolute atomic E-state index is 12.7. The van der Waals surface area contributed by atoms with Crippen molar-refractivity contribution >= 4 is 17.4 Å². The van der Waals surface area contributed by atoms with Crippen LogP contribution in [0.1, 0.15) is 24.8 Å². The molecule has 0 bridgehead atoms. The Morgan fingerprint density at radius 3 is 2.56 bits per heavy atom. The second kappa shape index (κ2) is 9.74. The van der Waals surface area contributed by atoms with Crippen LogP contribution < -0.4 is 9.47 Å². The number of halogens is 4. The van der Waals surface area contributed by atoms with Crippen molar-refractivity contribution in [3.05, 3.63) is 71.0 Å². The van der Waals surface area contributed by atoms with E-state index in [1.54, 1.807) is 18.2 Å². The molecular formula is C25H26ClF3N4O3. The van der Waals surface area contributed by atoms with Gasteiger partial charge in [-0.15, -0.1) is 13.2 Å². The highest BCUT2D eigenvalue weighted by atomic mass is 35.5. The van der Waals surface area contributed by atoms with Crippen LogP contribution in [0.25, 0.3) is 0 Å². The van der Waals surface area contributed by atoms with Crippen molar-refractivity contribution in [3.63, 3.8) is 0 Å². The first-order valence-electron chi connectivity index (χ1n) is 11.6. The number of rotatable bonds is 6. The van der Waals surface area contributed by atoms with Crippen LogP contribution in [0, 0.1) is 0 Å². The molecule has 2 aromatic rings. The van der Waals surface area contributed by atoms with Crippen LogP contribution >= 0.6 is 11.6 Å². The number of nitrogens with zero attached hydrogens (tertiary/aromatic N) is 4. The zero-order chi connectivity index (χ0) is 25.4. The van der Waals surface area contributed by atoms with Crippen molar-refractivity contribution in [1.82, 2.24) is 14.7 Å². The van der Waals surface area contributed by atoms with Gasteiger partial charge in [-0.25, -0.2) is 4.99 Å². The Morgan fingerprint density at radius 2 is 1.86 bits per heavy atom. The predicted molar refractivity (Wildman–Crippen MR) is 128 cm³/mol. The first-order chi connectivity index (χ1) is 17.1. The quantitative estimate of drug-likeness (QED) is 0.589. The molecule has 7 nitrogen and oxygen atoms in total. The van der Waals surface area contributed by atoms with E-state index in [9.17, 15) is 18.3 Å². The fourth-order valence-electron chi connectivity index (χ4n) is 4.79. The largest absolute Gasteiger partial charge is 0.573 e. The number of benzene rings is 2. The number of aliphatic hydroxyl groups excluding tert-OH is 1. The van der Waals surface area contributed by atoms with E-state index in [-0.39, 0.29) is 23.6 Å². The van der Waals surface area contributed by atoms with Gasteiger partial charge in [0, 0.05) is 36.9 Å². The zero-order valence-corrected chi connectivity index (χ0v) is 20.3. The number of hydrogen-bond acceptors (Lipinski definition) is 7. The number of hydrogen-bond donors (Lipinski definition) is 1. The molecule has 2 aliphatic heterocycles. The average molecular weight is 523 g/mol. The predicted octanol–water partition coefficient (Wildman–Crippen LogP) is 4.78. The van der Waals surface area contributed by atoms with Gasteiger partial charge in [0.2, 0.25) is 0 Å². The Morgan fingerprint density at radius 1 is 1.11 bits per heavy atom. The van der Waals surface area contributed by atoms with Gasteiger partial charge in [-0.3, -0.25) is 0 Å². The molecule has 5 rings (SSSR count). The lowest BCUT2D eigenvalue weighted by Crippen LogP contribution is -2.47. The normalized spacial score (nSPS) is 23.9. The van der Waals surface area contributed by atoms with Gasteiger partial charge in [0.05, 0.1) is 12.8 Å². The first-order valence-corrected chi connectivity index (χ1v) is 12.0. The highest BCUT2D eigenvalue weighted by Gasteiger charge is 2.39. The first kappa shape index (κ1) is 24.6. The molecule has 0 amide bonds. The Balaban J connectivity index is 1.44. The standard InChI is InChI=1S/C25H26ClF3N4O3/c1-31-15-32(18-9-10-19(34)11-18)14-22-23(31)30-24(33(22)13-16-5-7-17(26)8-6-16)35-20-3-2-4-21(12-20)36-25(27,28)29/h2-8,12,14,18-19,24,34H,9-11,13,15H2,1H3. The van der Waals surface area contributed by atoms with E-state index in [1.807, 2.05) is 35.2 Å². The molecule has 3 atom stereocenters. The molecule has 2 aromatic carbocycles. The maximum Gasteiger partial charge on any atom is 0.573 e. The molecule has 11 heteroatoms. The lowest BCUT2D eigenvalue weighted by atomic mass is 10.1. The molecule has 1 fully saturated rings. The summed E-state index contributed by atoms with van der Waals surface area (Å²) in [5.41, 5.74) is 1.81. The third-order valence-corrected chi connectivity index (χ3v) is 6.71. The van der Waals surface area contributed by atoms with Gasteiger partial charge < -0.3 is 29.3 Å². The second-order valence-electron chi connectivity index (χ2n) is 9.16. The minimum atomic E-state index is -4.80. The van der Waals surface area contributed by atoms with Crippen LogP contribution in [0.5, 0.6) is 11.5 Å². The third-order valence-electron chi connectivity index (χ3n) is 6.46. The van der Waals surface area contributed by atoms with E-state index in [1.165, 1.54) is 18.2 Å². The minimum absolute atomic E-state index is 0.199. The highest BCUT2D eigenvalue weighted by Crippen LogP contribution is 2.34. The zero-order valence-electron chi connectivity index (χ0n) is 19.5.